The van der Waals surface area contributed by atoms with E-state index in [0.29, 0.717) is 19.3 Å². The quantitative estimate of drug-likeness (QED) is 0.0345. The fourth-order valence-corrected chi connectivity index (χ4v) is 7.96. The van der Waals surface area contributed by atoms with Crippen LogP contribution in [-0.2, 0) is 28.6 Å². The van der Waals surface area contributed by atoms with Gasteiger partial charge >= 0.3 is 17.9 Å². The Balaban J connectivity index is 4.17. The highest BCUT2D eigenvalue weighted by molar-refractivity contribution is 5.71. The van der Waals surface area contributed by atoms with Crippen LogP contribution in [0.15, 0.2) is 0 Å². The highest BCUT2D eigenvalue weighted by atomic mass is 16.6. The average molecular weight is 835 g/mol. The van der Waals surface area contributed by atoms with Gasteiger partial charge in [-0.2, -0.15) is 0 Å². The number of hydrogen-bond donors (Lipinski definition) is 0. The number of unbranched alkanes of at least 4 members (excludes halogenated alkanes) is 31. The Bertz CT molecular complexity index is 902. The van der Waals surface area contributed by atoms with Crippen LogP contribution in [0.3, 0.4) is 0 Å². The van der Waals surface area contributed by atoms with Gasteiger partial charge in [-0.3, -0.25) is 14.4 Å². The summed E-state index contributed by atoms with van der Waals surface area (Å²) >= 11 is 0. The molecule has 0 amide bonds. The van der Waals surface area contributed by atoms with Crippen LogP contribution in [0.2, 0.25) is 0 Å². The lowest BCUT2D eigenvalue weighted by atomic mass is 10.00. The number of ether oxygens (including phenoxy) is 3. The SMILES string of the molecule is CCCCCCCCCCCCC(=O)OC[C@H](COC(=O)CCCCCCCCCCCCCCCCCCCCC(C)C)OC(=O)CCCCCCCCC(C)CC. The minimum Gasteiger partial charge on any atom is -0.462 e. The van der Waals surface area contributed by atoms with Crippen molar-refractivity contribution >= 4 is 17.9 Å². The smallest absolute Gasteiger partial charge is 0.306 e. The number of esters is 3. The summed E-state index contributed by atoms with van der Waals surface area (Å²) in [4.78, 5) is 37.8. The van der Waals surface area contributed by atoms with Crippen molar-refractivity contribution in [1.29, 1.82) is 0 Å². The molecule has 0 aliphatic rings. The minimum atomic E-state index is -0.761. The molecule has 350 valence electrons. The molecule has 0 aromatic rings. The maximum Gasteiger partial charge on any atom is 0.306 e. The Labute approximate surface area is 368 Å². The first-order chi connectivity index (χ1) is 28.8. The van der Waals surface area contributed by atoms with Crippen molar-refractivity contribution in [3.63, 3.8) is 0 Å². The fraction of sp³-hybridized carbons (Fsp3) is 0.943. The van der Waals surface area contributed by atoms with E-state index in [4.69, 9.17) is 14.2 Å². The molecule has 0 radical (unpaired) electrons. The van der Waals surface area contributed by atoms with Crippen LogP contribution in [0, 0.1) is 11.8 Å². The lowest BCUT2D eigenvalue weighted by molar-refractivity contribution is -0.167. The summed E-state index contributed by atoms with van der Waals surface area (Å²) in [5.41, 5.74) is 0. The molecule has 2 atom stereocenters. The highest BCUT2D eigenvalue weighted by Crippen LogP contribution is 2.18. The minimum absolute atomic E-state index is 0.0645. The van der Waals surface area contributed by atoms with Gasteiger partial charge in [-0.15, -0.1) is 0 Å². The van der Waals surface area contributed by atoms with E-state index in [1.807, 2.05) is 0 Å². The van der Waals surface area contributed by atoms with Crippen molar-refractivity contribution in [2.75, 3.05) is 13.2 Å². The molecule has 0 saturated heterocycles. The molecule has 0 bridgehead atoms. The predicted molar refractivity (Wildman–Crippen MR) is 252 cm³/mol. The van der Waals surface area contributed by atoms with Gasteiger partial charge in [0.2, 0.25) is 0 Å². The predicted octanol–water partition coefficient (Wildman–Crippen LogP) is 16.9. The Hall–Kier alpha value is -1.59. The zero-order valence-electron chi connectivity index (χ0n) is 40.4. The van der Waals surface area contributed by atoms with E-state index < -0.39 is 6.10 Å². The largest absolute Gasteiger partial charge is 0.462 e. The number of carbonyl (C=O) groups is 3. The van der Waals surface area contributed by atoms with E-state index in [9.17, 15) is 14.4 Å². The van der Waals surface area contributed by atoms with Gasteiger partial charge < -0.3 is 14.2 Å². The zero-order valence-corrected chi connectivity index (χ0v) is 40.4. The maximum absolute atomic E-state index is 12.7. The van der Waals surface area contributed by atoms with Crippen molar-refractivity contribution in [2.24, 2.45) is 11.8 Å². The highest BCUT2D eigenvalue weighted by Gasteiger charge is 2.19. The first-order valence-electron chi connectivity index (χ1n) is 26.3. The summed E-state index contributed by atoms with van der Waals surface area (Å²) < 4.78 is 16.8. The third-order valence-electron chi connectivity index (χ3n) is 12.3. The third-order valence-corrected chi connectivity index (χ3v) is 12.3. The summed E-state index contributed by atoms with van der Waals surface area (Å²) in [5.74, 6) is 0.816. The molecule has 0 saturated carbocycles. The Morgan fingerprint density at radius 2 is 0.644 bits per heavy atom. The summed E-state index contributed by atoms with van der Waals surface area (Å²) in [7, 11) is 0. The van der Waals surface area contributed by atoms with Crippen LogP contribution in [-0.4, -0.2) is 37.2 Å². The molecule has 59 heavy (non-hydrogen) atoms. The Morgan fingerprint density at radius 3 is 0.966 bits per heavy atom. The van der Waals surface area contributed by atoms with Gasteiger partial charge in [-0.05, 0) is 31.1 Å². The molecule has 0 fully saturated rings. The van der Waals surface area contributed by atoms with Gasteiger partial charge in [0.25, 0.3) is 0 Å². The third kappa shape index (κ3) is 45.8. The average Bonchev–Trinajstić information content (AvgIpc) is 3.22. The lowest BCUT2D eigenvalue weighted by Gasteiger charge is -2.18. The second-order valence-corrected chi connectivity index (χ2v) is 18.9. The summed E-state index contributed by atoms with van der Waals surface area (Å²) in [5, 5.41) is 0. The van der Waals surface area contributed by atoms with E-state index in [2.05, 4.69) is 34.6 Å². The molecule has 0 spiro atoms. The van der Waals surface area contributed by atoms with Crippen molar-refractivity contribution in [3.8, 4) is 0 Å². The molecule has 6 heteroatoms. The van der Waals surface area contributed by atoms with E-state index in [1.165, 1.54) is 180 Å². The van der Waals surface area contributed by atoms with E-state index in [0.717, 1.165) is 69.6 Å². The molecule has 0 heterocycles. The standard InChI is InChI=1S/C53H102O6/c1-6-8-9-10-11-12-24-27-33-38-43-51(54)57-46-50(59-53(56)45-40-35-30-29-32-37-42-49(5)7-2)47-58-52(55)44-39-34-28-25-22-20-18-16-14-13-15-17-19-21-23-26-31-36-41-48(3)4/h48-50H,6-47H2,1-5H3/t49?,50-/m1/s1. The molecule has 0 aliphatic carbocycles. The lowest BCUT2D eigenvalue weighted by Crippen LogP contribution is -2.30. The zero-order chi connectivity index (χ0) is 43.3. The number of rotatable bonds is 47. The first-order valence-corrected chi connectivity index (χ1v) is 26.3. The van der Waals surface area contributed by atoms with Gasteiger partial charge in [-0.25, -0.2) is 0 Å². The molecular formula is C53H102O6. The van der Waals surface area contributed by atoms with Crippen LogP contribution in [0.25, 0.3) is 0 Å². The monoisotopic (exact) mass is 835 g/mol. The normalized spacial score (nSPS) is 12.5. The van der Waals surface area contributed by atoms with E-state index >= 15 is 0 Å². The van der Waals surface area contributed by atoms with Crippen LogP contribution in [0.1, 0.15) is 291 Å². The van der Waals surface area contributed by atoms with Crippen LogP contribution < -0.4 is 0 Å². The second kappa shape index (κ2) is 45.9. The Morgan fingerprint density at radius 1 is 0.356 bits per heavy atom. The summed E-state index contributed by atoms with van der Waals surface area (Å²) in [6.45, 7) is 11.4. The van der Waals surface area contributed by atoms with E-state index in [1.54, 1.807) is 0 Å². The first kappa shape index (κ1) is 57.4. The van der Waals surface area contributed by atoms with Gasteiger partial charge in [-0.1, -0.05) is 253 Å². The molecule has 0 N–H and O–H groups in total. The topological polar surface area (TPSA) is 78.9 Å². The van der Waals surface area contributed by atoms with Gasteiger partial charge in [0.15, 0.2) is 6.10 Å². The summed E-state index contributed by atoms with van der Waals surface area (Å²) in [6.07, 6.45) is 46.7. The van der Waals surface area contributed by atoms with Crippen LogP contribution in [0.5, 0.6) is 0 Å². The van der Waals surface area contributed by atoms with Gasteiger partial charge in [0.1, 0.15) is 13.2 Å². The molecule has 0 aromatic heterocycles. The fourth-order valence-electron chi connectivity index (χ4n) is 7.96. The van der Waals surface area contributed by atoms with Crippen molar-refractivity contribution in [1.82, 2.24) is 0 Å². The molecule has 0 rings (SSSR count). The molecule has 1 unspecified atom stereocenters. The van der Waals surface area contributed by atoms with Crippen LogP contribution >= 0.6 is 0 Å². The second-order valence-electron chi connectivity index (χ2n) is 18.9. The van der Waals surface area contributed by atoms with Crippen LogP contribution in [0.4, 0.5) is 0 Å². The maximum atomic E-state index is 12.7. The molecule has 0 aromatic carbocycles. The van der Waals surface area contributed by atoms with Crippen molar-refractivity contribution in [2.45, 2.75) is 298 Å². The van der Waals surface area contributed by atoms with Crippen molar-refractivity contribution < 1.29 is 28.6 Å². The Kier molecular flexibility index (Phi) is 44.7. The number of carbonyl (C=O) groups excluding carboxylic acids is 3. The van der Waals surface area contributed by atoms with Gasteiger partial charge in [0.05, 0.1) is 0 Å². The molecule has 6 nitrogen and oxygen atoms in total. The summed E-state index contributed by atoms with van der Waals surface area (Å²) in [6, 6.07) is 0. The molecular weight excluding hydrogens is 733 g/mol. The van der Waals surface area contributed by atoms with E-state index in [-0.39, 0.29) is 31.1 Å². The number of hydrogen-bond acceptors (Lipinski definition) is 6. The van der Waals surface area contributed by atoms with Crippen molar-refractivity contribution in [3.05, 3.63) is 0 Å². The van der Waals surface area contributed by atoms with Gasteiger partial charge in [0, 0.05) is 19.3 Å². The molecule has 0 aliphatic heterocycles.